The van der Waals surface area contributed by atoms with Gasteiger partial charge in [-0.05, 0) is 83.9 Å². The summed E-state index contributed by atoms with van der Waals surface area (Å²) in [7, 11) is -8.92. The van der Waals surface area contributed by atoms with Gasteiger partial charge in [0.1, 0.15) is 0 Å². The zero-order valence-corrected chi connectivity index (χ0v) is 27.7. The van der Waals surface area contributed by atoms with E-state index >= 15 is 0 Å². The third kappa shape index (κ3) is 7.23. The van der Waals surface area contributed by atoms with Crippen molar-refractivity contribution in [2.45, 2.75) is 16.7 Å². The van der Waals surface area contributed by atoms with Crippen molar-refractivity contribution in [2.75, 3.05) is 16.0 Å². The number of nitrogens with one attached hydrogen (secondary N) is 3. The van der Waals surface area contributed by atoms with E-state index in [1.54, 1.807) is 67.6 Å². The minimum Gasteiger partial charge on any atom is -0.322 e. The van der Waals surface area contributed by atoms with Crippen LogP contribution in [0.25, 0.3) is 21.5 Å². The molecule has 0 aliphatic heterocycles. The summed E-state index contributed by atoms with van der Waals surface area (Å²) in [4.78, 5) is 40.0. The van der Waals surface area contributed by atoms with Crippen LogP contribution in [0.4, 0.5) is 17.1 Å². The van der Waals surface area contributed by atoms with Gasteiger partial charge >= 0.3 is 0 Å². The Hall–Kier alpha value is -5.93. The lowest BCUT2D eigenvalue weighted by Gasteiger charge is -2.14. The van der Waals surface area contributed by atoms with Crippen molar-refractivity contribution in [3.05, 3.63) is 138 Å². The van der Waals surface area contributed by atoms with Crippen LogP contribution in [-0.2, 0) is 20.2 Å². The van der Waals surface area contributed by atoms with E-state index < -0.39 is 38.0 Å². The molecule has 0 spiro atoms. The average Bonchev–Trinajstić information content (AvgIpc) is 3.07. The summed E-state index contributed by atoms with van der Waals surface area (Å²) in [5, 5.41) is 10.1. The molecule has 0 aliphatic carbocycles. The molecule has 0 saturated heterocycles. The molecule has 5 N–H and O–H groups in total. The number of aryl methyl sites for hydroxylation is 1. The smallest absolute Gasteiger partial charge is 0.294 e. The minimum absolute atomic E-state index is 0.00000624. The number of carbonyl (C=O) groups is 3. The Kier molecular flexibility index (Phi) is 8.95. The molecular weight excluding hydrogens is 683 g/mol. The van der Waals surface area contributed by atoms with Gasteiger partial charge in [0.05, 0.1) is 9.79 Å². The highest BCUT2D eigenvalue weighted by atomic mass is 32.2. The van der Waals surface area contributed by atoms with Gasteiger partial charge in [-0.1, -0.05) is 54.6 Å². The highest BCUT2D eigenvalue weighted by Gasteiger charge is 2.19. The SMILES string of the molecule is Cc1ccccc1C(=O)Nc1cc(C(=O)Nc2cccc3cc(S(=O)(=O)O)ccc23)cc(C(=O)Nc2cccc3cc(S(=O)(=O)O)ccc23)c1. The van der Waals surface area contributed by atoms with Gasteiger partial charge in [0.15, 0.2) is 0 Å². The summed E-state index contributed by atoms with van der Waals surface area (Å²) in [6.45, 7) is 1.77. The van der Waals surface area contributed by atoms with Crippen LogP contribution >= 0.6 is 0 Å². The highest BCUT2D eigenvalue weighted by molar-refractivity contribution is 7.86. The fourth-order valence-corrected chi connectivity index (χ4v) is 6.47. The maximum atomic E-state index is 13.7. The lowest BCUT2D eigenvalue weighted by Crippen LogP contribution is -2.18. The van der Waals surface area contributed by atoms with E-state index in [4.69, 9.17) is 0 Å². The van der Waals surface area contributed by atoms with Gasteiger partial charge < -0.3 is 16.0 Å². The number of hydrogen-bond donors (Lipinski definition) is 5. The lowest BCUT2D eigenvalue weighted by molar-refractivity contribution is 0.101. The van der Waals surface area contributed by atoms with Crippen LogP contribution in [0, 0.1) is 6.92 Å². The molecule has 0 unspecified atom stereocenters. The number of carbonyl (C=O) groups excluding carboxylic acids is 3. The second-order valence-corrected chi connectivity index (χ2v) is 14.1. The molecule has 3 amide bonds. The van der Waals surface area contributed by atoms with Crippen LogP contribution in [-0.4, -0.2) is 43.7 Å². The number of rotatable bonds is 8. The third-order valence-corrected chi connectivity index (χ3v) is 9.60. The van der Waals surface area contributed by atoms with Gasteiger partial charge in [0.2, 0.25) is 0 Å². The number of benzene rings is 6. The molecule has 0 aliphatic rings. The van der Waals surface area contributed by atoms with E-state index in [2.05, 4.69) is 16.0 Å². The molecule has 0 atom stereocenters. The van der Waals surface area contributed by atoms with Crippen LogP contribution in [0.5, 0.6) is 0 Å². The summed E-state index contributed by atoms with van der Waals surface area (Å²) in [5.41, 5.74) is 1.86. The summed E-state index contributed by atoms with van der Waals surface area (Å²) in [5.74, 6) is -1.78. The molecule has 6 aromatic carbocycles. The van der Waals surface area contributed by atoms with Gasteiger partial charge in [-0.25, -0.2) is 0 Å². The maximum Gasteiger partial charge on any atom is 0.294 e. The molecule has 0 saturated carbocycles. The van der Waals surface area contributed by atoms with Crippen LogP contribution in [0.2, 0.25) is 0 Å². The Morgan fingerprint density at radius 2 is 1.00 bits per heavy atom. The van der Waals surface area contributed by atoms with Crippen molar-refractivity contribution in [3.63, 3.8) is 0 Å². The first kappa shape index (κ1) is 34.0. The van der Waals surface area contributed by atoms with Crippen LogP contribution in [0.15, 0.2) is 125 Å². The molecule has 0 aromatic heterocycles. The Balaban J connectivity index is 1.36. The van der Waals surface area contributed by atoms with Crippen LogP contribution < -0.4 is 16.0 Å². The molecule has 0 radical (unpaired) electrons. The van der Waals surface area contributed by atoms with E-state index in [1.807, 2.05) is 0 Å². The normalized spacial score (nSPS) is 11.7. The Bertz CT molecular complexity index is 2460. The second-order valence-electron chi connectivity index (χ2n) is 11.3. The summed E-state index contributed by atoms with van der Waals surface area (Å²) in [6.07, 6.45) is 0. The van der Waals surface area contributed by atoms with E-state index in [1.165, 1.54) is 54.6 Å². The highest BCUT2D eigenvalue weighted by Crippen LogP contribution is 2.29. The van der Waals surface area contributed by atoms with Crippen LogP contribution in [0.1, 0.15) is 36.6 Å². The predicted molar refractivity (Wildman–Crippen MR) is 189 cm³/mol. The van der Waals surface area contributed by atoms with E-state index in [0.29, 0.717) is 44.0 Å². The zero-order chi connectivity index (χ0) is 35.8. The van der Waals surface area contributed by atoms with Crippen molar-refractivity contribution in [3.8, 4) is 0 Å². The first-order valence-corrected chi connectivity index (χ1v) is 17.7. The first-order valence-electron chi connectivity index (χ1n) is 14.8. The van der Waals surface area contributed by atoms with Gasteiger partial charge in [-0.15, -0.1) is 0 Å². The average molecular weight is 710 g/mol. The van der Waals surface area contributed by atoms with Crippen molar-refractivity contribution in [1.29, 1.82) is 0 Å². The molecule has 14 heteroatoms. The molecule has 50 heavy (non-hydrogen) atoms. The maximum absolute atomic E-state index is 13.7. The first-order chi connectivity index (χ1) is 23.7. The predicted octanol–water partition coefficient (Wildman–Crippen LogP) is 6.55. The number of amides is 3. The Morgan fingerprint density at radius 3 is 1.46 bits per heavy atom. The Labute approximate surface area is 286 Å². The topological polar surface area (TPSA) is 196 Å². The summed E-state index contributed by atoms with van der Waals surface area (Å²) in [6, 6.07) is 28.4. The van der Waals surface area contributed by atoms with Gasteiger partial charge in [0, 0.05) is 44.5 Å². The Morgan fingerprint density at radius 1 is 0.520 bits per heavy atom. The third-order valence-electron chi connectivity index (χ3n) is 7.90. The molecule has 6 rings (SSSR count). The minimum atomic E-state index is -4.46. The monoisotopic (exact) mass is 709 g/mol. The van der Waals surface area contributed by atoms with E-state index in [9.17, 15) is 40.3 Å². The number of fused-ring (bicyclic) bond motifs is 2. The molecule has 0 bridgehead atoms. The van der Waals surface area contributed by atoms with Gasteiger partial charge in [0.25, 0.3) is 38.0 Å². The van der Waals surface area contributed by atoms with Crippen LogP contribution in [0.3, 0.4) is 0 Å². The largest absolute Gasteiger partial charge is 0.322 e. The molecule has 6 aromatic rings. The summed E-state index contributed by atoms with van der Waals surface area (Å²) < 4.78 is 65.5. The van der Waals surface area contributed by atoms with E-state index in [0.717, 1.165) is 0 Å². The van der Waals surface area contributed by atoms with Crippen molar-refractivity contribution in [1.82, 2.24) is 0 Å². The number of anilines is 3. The molecular formula is C36H27N3O9S2. The molecule has 252 valence electrons. The zero-order valence-electron chi connectivity index (χ0n) is 26.0. The molecule has 12 nitrogen and oxygen atoms in total. The van der Waals surface area contributed by atoms with Gasteiger partial charge in [-0.2, -0.15) is 16.8 Å². The fourth-order valence-electron chi connectivity index (χ4n) is 5.44. The van der Waals surface area contributed by atoms with Crippen molar-refractivity contribution < 1.29 is 40.3 Å². The standard InChI is InChI=1S/C36H27N3O9S2/c1-21-6-2-3-9-29(21)36(42)37-26-17-24(34(40)38-32-10-4-7-22-19-27(49(43,44)45)12-14-30(22)32)16-25(18-26)35(41)39-33-11-5-8-23-20-28(50(46,47)48)13-15-31(23)33/h2-20H,1H3,(H,37,42)(H,38,40)(H,39,41)(H,43,44,45)(H,46,47,48). The quantitative estimate of drug-likeness (QED) is 0.109. The van der Waals surface area contributed by atoms with Crippen molar-refractivity contribution >= 4 is 76.6 Å². The number of hydrogen-bond acceptors (Lipinski definition) is 7. The fraction of sp³-hybridized carbons (Fsp3) is 0.0278. The lowest BCUT2D eigenvalue weighted by atomic mass is 10.0. The molecule has 0 heterocycles. The van der Waals surface area contributed by atoms with Crippen molar-refractivity contribution in [2.24, 2.45) is 0 Å². The molecule has 0 fully saturated rings. The summed E-state index contributed by atoms with van der Waals surface area (Å²) >= 11 is 0. The second kappa shape index (κ2) is 13.2. The van der Waals surface area contributed by atoms with E-state index in [-0.39, 0.29) is 26.6 Å². The van der Waals surface area contributed by atoms with Gasteiger partial charge in [-0.3, -0.25) is 23.5 Å².